The Hall–Kier alpha value is -7.45. The van der Waals surface area contributed by atoms with Gasteiger partial charge in [-0.25, -0.2) is 54.4 Å². The number of ether oxygens (including phenoxy) is 6. The summed E-state index contributed by atoms with van der Waals surface area (Å²) in [7, 11) is 0. The Balaban J connectivity index is 0.000000126. The first-order valence-corrected chi connectivity index (χ1v) is 54.1. The number of pyridine rings is 2. The van der Waals surface area contributed by atoms with Crippen molar-refractivity contribution in [3.63, 3.8) is 0 Å². The lowest BCUT2D eigenvalue weighted by Gasteiger charge is -2.27. The van der Waals surface area contributed by atoms with Crippen molar-refractivity contribution in [1.29, 1.82) is 0 Å². The number of aromatic amines is 3. The van der Waals surface area contributed by atoms with E-state index in [-0.39, 0.29) is 135 Å². The van der Waals surface area contributed by atoms with Crippen molar-refractivity contribution in [2.45, 2.75) is 149 Å². The topological polar surface area (TPSA) is 736 Å². The van der Waals surface area contributed by atoms with Gasteiger partial charge >= 0.3 is 40.4 Å². The third-order valence-electron chi connectivity index (χ3n) is 21.5. The Morgan fingerprint density at radius 2 is 0.651 bits per heavy atom. The van der Waals surface area contributed by atoms with E-state index in [2.05, 4.69) is 92.0 Å². The zero-order valence-corrected chi connectivity index (χ0v) is 75.9. The summed E-state index contributed by atoms with van der Waals surface area (Å²) < 4.78 is 129. The van der Waals surface area contributed by atoms with Gasteiger partial charge < -0.3 is 133 Å². The normalized spacial score (nSPS) is 35.4. The Kier molecular flexibility index (Phi) is 24.9. The molecule has 9 saturated heterocycles. The van der Waals surface area contributed by atoms with Crippen LogP contribution in [0, 0.1) is 0 Å². The highest BCUT2D eigenvalue weighted by molar-refractivity contribution is 8.44. The van der Waals surface area contributed by atoms with Crippen LogP contribution in [0.4, 0.5) is 35.0 Å². The van der Waals surface area contributed by atoms with Gasteiger partial charge in [-0.1, -0.05) is 12.2 Å². The summed E-state index contributed by atoms with van der Waals surface area (Å²) in [4.78, 5) is 154. The summed E-state index contributed by atoms with van der Waals surface area (Å²) in [6.07, 6.45) is -0.868. The van der Waals surface area contributed by atoms with Gasteiger partial charge in [-0.05, 0) is 71.2 Å². The number of H-pyrrole nitrogens is 3. The van der Waals surface area contributed by atoms with E-state index in [4.69, 9.17) is 176 Å². The third-order valence-corrected chi connectivity index (χ3v) is 31.1. The molecule has 9 unspecified atom stereocenters. The number of nitrogens with zero attached hydrogens (tertiary/aromatic N) is 19. The molecular weight excluding hydrogens is 1950 g/mol. The number of imidazole rings is 6. The van der Waals surface area contributed by atoms with Gasteiger partial charge in [0.1, 0.15) is 78.2 Å². The van der Waals surface area contributed by atoms with Gasteiger partial charge in [0, 0.05) is 50.9 Å². The standard InChI is InChI=1S/2C21H25N9O9P2S2.C20H24N10O9P2S2/c2*22-10-1-2-24-17-15(10)25-7-29(17)14-4-11-13(37-14)6-35-41(33,43)39-12-3-9(5-34-40(32,42)38-11)36-20(12)30-8-26-16-18(30)27-21(23)28-19(16)31;21-15-13-16(24-5-23-15)29(6-25-13)12-2-9-11(37-12)4-35-41(33,43)39-10-1-8(3-34-40(32,42)38-9)36-19(10)30-7-26-14-17(30)27-20(22)28-18(14)31/h2*1-2,7-9,11-14,20H,3-6H2,(H2,22,24)(H,32,42)(H,33,43)(H3,23,27,28,31);5-12,19H,1-4H2,(H,32,42)(H,33,43)(H2,21,23,24)(H3,22,27,28,31)/t2*9-,11-,12+,13?,14+,20+,40?,41?;8-,9-,10+,11?,12+,19+,40?,41?/m000/s1. The second-order valence-electron chi connectivity index (χ2n) is 30.1. The number of fused-ring (bicyclic) bond motifs is 15. The SMILES string of the molecule is Nc1nc2c(ncn2[C@@H]2O[C@@H]3COP(O)(=S)O[C@H]4C[C@H](n5cnc6c(N)ccnc65)OC4COP(=O)(S)O[C@@H]2C3)c(=O)[nH]1.Nc1nc2c(ncn2[C@@H]2O[C@@H]3COP(O)(=S)O[C@H]4C[C@H](n5cnc6c(N)ccnc65)OC4COP(O)(=S)O[C@@H]2C3)c(=O)[nH]1.Nc1nc2c(ncn2[C@@H]2O[C@@H]3COP(O)(=S)O[C@H]4C[C@H](n5cnc6c(N)ncnc65)OC4COP(O)(=S)O[C@@H]2C3)c(=O)[nH]1. The summed E-state index contributed by atoms with van der Waals surface area (Å²) in [6, 6.07) is 3.27. The van der Waals surface area contributed by atoms with Crippen LogP contribution >= 0.6 is 52.6 Å². The molecule has 6 bridgehead atoms. The lowest BCUT2D eigenvalue weighted by Crippen LogP contribution is -2.29. The van der Waals surface area contributed by atoms with Crippen molar-refractivity contribution in [3.05, 3.63) is 99.9 Å². The Labute approximate surface area is 751 Å². The van der Waals surface area contributed by atoms with Gasteiger partial charge in [0.15, 0.2) is 74.9 Å². The number of rotatable bonds is 6. The average Bonchev–Trinajstić information content (AvgIpc) is 1.60. The van der Waals surface area contributed by atoms with E-state index in [1.807, 2.05) is 0 Å². The van der Waals surface area contributed by atoms with Crippen LogP contribution in [0.3, 0.4) is 0 Å². The van der Waals surface area contributed by atoms with Crippen molar-refractivity contribution >= 4 is 214 Å². The van der Waals surface area contributed by atoms with Crippen molar-refractivity contribution in [2.24, 2.45) is 0 Å². The molecule has 0 spiro atoms. The lowest BCUT2D eigenvalue weighted by atomic mass is 10.2. The predicted octanol–water partition coefficient (Wildman–Crippen LogP) is 1.88. The first kappa shape index (κ1) is 90.7. The van der Waals surface area contributed by atoms with Gasteiger partial charge in [-0.15, -0.1) is 0 Å². The van der Waals surface area contributed by atoms with E-state index in [0.29, 0.717) is 44.9 Å². The number of hydrogen-bond donors (Lipinski definition) is 15. The van der Waals surface area contributed by atoms with Gasteiger partial charge in [-0.3, -0.25) is 65.8 Å². The Morgan fingerprint density at radius 3 is 1.02 bits per heavy atom. The fourth-order valence-electron chi connectivity index (χ4n) is 15.9. The molecule has 0 radical (unpaired) electrons. The molecule has 55 nitrogen and oxygen atoms in total. The maximum absolute atomic E-state index is 13.5. The highest BCUT2D eigenvalue weighted by Crippen LogP contribution is 2.61. The summed E-state index contributed by atoms with van der Waals surface area (Å²) in [5.41, 5.74) is 37.6. The smallest absolute Gasteiger partial charge is 0.386 e. The third kappa shape index (κ3) is 19.0. The quantitative estimate of drug-likeness (QED) is 0.0834. The lowest BCUT2D eigenvalue weighted by molar-refractivity contribution is -0.0594. The molecule has 0 aromatic carbocycles. The highest BCUT2D eigenvalue weighted by atomic mass is 32.7. The zero-order valence-electron chi connectivity index (χ0n) is 65.6. The molecular formula is C62H74N28O27P6S6. The molecule has 0 aliphatic carbocycles. The van der Waals surface area contributed by atoms with Gasteiger partial charge in [0.25, 0.3) is 16.7 Å². The van der Waals surface area contributed by atoms with Gasteiger partial charge in [0.2, 0.25) is 17.8 Å². The van der Waals surface area contributed by atoms with Crippen LogP contribution in [0.15, 0.2) is 83.2 Å². The first-order chi connectivity index (χ1) is 61.4. The van der Waals surface area contributed by atoms with E-state index in [9.17, 15) is 43.4 Å². The van der Waals surface area contributed by atoms with Crippen molar-refractivity contribution in [1.82, 2.24) is 107 Å². The van der Waals surface area contributed by atoms with Gasteiger partial charge in [-0.2, -0.15) is 15.0 Å². The fourth-order valence-corrected chi connectivity index (χ4v) is 24.8. The number of nitrogens with one attached hydrogen (secondary N) is 3. The van der Waals surface area contributed by atoms with Crippen LogP contribution < -0.4 is 51.1 Å². The molecule has 9 aliphatic rings. The average molecular weight is 2020 g/mol. The molecule has 0 saturated carbocycles. The van der Waals surface area contributed by atoms with Crippen LogP contribution in [-0.2, 0) is 146 Å². The van der Waals surface area contributed by atoms with Gasteiger partial charge in [0.05, 0.1) is 126 Å². The monoisotopic (exact) mass is 2020 g/mol. The number of aromatic nitrogens is 22. The number of anilines is 6. The summed E-state index contributed by atoms with van der Waals surface area (Å²) in [5.74, 6) is -0.191. The maximum atomic E-state index is 13.5. The second kappa shape index (κ2) is 35.4. The minimum absolute atomic E-state index is 0.0118. The van der Waals surface area contributed by atoms with E-state index < -0.39 is 168 Å². The number of nitrogen functional groups attached to an aromatic ring is 6. The Bertz CT molecular complexity index is 6240. The largest absolute Gasteiger partial charge is 0.397 e. The maximum Gasteiger partial charge on any atom is 0.386 e. The van der Waals surface area contributed by atoms with Crippen LogP contribution in [0.1, 0.15) is 75.9 Å². The zero-order chi connectivity index (χ0) is 90.3. The molecule has 21 heterocycles. The molecule has 12 aromatic rings. The van der Waals surface area contributed by atoms with E-state index in [1.54, 1.807) is 38.2 Å². The molecule has 129 heavy (non-hydrogen) atoms. The van der Waals surface area contributed by atoms with E-state index >= 15 is 0 Å². The summed E-state index contributed by atoms with van der Waals surface area (Å²) in [5, 5.41) is 0. The van der Waals surface area contributed by atoms with Crippen LogP contribution in [-0.4, -0.2) is 245 Å². The molecule has 9 aliphatic heterocycles. The molecule has 67 heteroatoms. The molecule has 690 valence electrons. The summed E-state index contributed by atoms with van der Waals surface area (Å²) >= 11 is 30.9. The molecule has 24 atom stereocenters. The fraction of sp³-hybridized carbons (Fsp3) is 0.484. The van der Waals surface area contributed by atoms with Crippen LogP contribution in [0.2, 0.25) is 0 Å². The number of nitrogens with two attached hydrogens (primary N) is 6. The van der Waals surface area contributed by atoms with Crippen LogP contribution in [0.5, 0.6) is 0 Å². The van der Waals surface area contributed by atoms with Crippen molar-refractivity contribution in [3.8, 4) is 0 Å². The molecule has 0 amide bonds. The summed E-state index contributed by atoms with van der Waals surface area (Å²) in [6.45, 7) is -24.8. The molecule has 20 N–H and O–H groups in total. The second-order valence-corrected chi connectivity index (χ2v) is 46.9. The van der Waals surface area contributed by atoms with Crippen LogP contribution in [0.25, 0.3) is 67.0 Å². The van der Waals surface area contributed by atoms with E-state index in [1.165, 1.54) is 58.0 Å². The number of hydrogen-bond acceptors (Lipinski definition) is 46. The molecule has 21 rings (SSSR count). The number of thiol groups is 1. The molecule has 12 aromatic heterocycles. The highest BCUT2D eigenvalue weighted by Gasteiger charge is 2.52. The predicted molar refractivity (Wildman–Crippen MR) is 467 cm³/mol. The first-order valence-electron chi connectivity index (χ1n) is 38.5. The van der Waals surface area contributed by atoms with Crippen molar-refractivity contribution in [2.75, 3.05) is 74.0 Å². The molecule has 9 fully saturated rings. The minimum atomic E-state index is -4.06. The van der Waals surface area contributed by atoms with Crippen molar-refractivity contribution < 1.29 is 112 Å². The van der Waals surface area contributed by atoms with E-state index in [0.717, 1.165) is 0 Å². The minimum Gasteiger partial charge on any atom is -0.397 e. The Morgan fingerprint density at radius 1 is 0.349 bits per heavy atom.